The fourth-order valence-electron chi connectivity index (χ4n) is 4.72. The first-order chi connectivity index (χ1) is 8.93. The Labute approximate surface area is 127 Å². The monoisotopic (exact) mass is 297 g/mol. The average molecular weight is 298 g/mol. The zero-order chi connectivity index (χ0) is 15.3. The Balaban J connectivity index is 2.31. The summed E-state index contributed by atoms with van der Waals surface area (Å²) in [4.78, 5) is 0. The summed E-state index contributed by atoms with van der Waals surface area (Å²) in [6.45, 7) is 11.2. The number of hydrogen-bond acceptors (Lipinski definition) is 2. The molecule has 2 rings (SSSR count). The molecule has 0 saturated heterocycles. The zero-order valence-corrected chi connectivity index (χ0v) is 14.4. The van der Waals surface area contributed by atoms with Crippen LogP contribution in [0.1, 0.15) is 58.3 Å². The molecule has 0 radical (unpaired) electrons. The van der Waals surface area contributed by atoms with Crippen LogP contribution in [0.3, 0.4) is 0 Å². The molecule has 0 unspecified atom stereocenters. The minimum absolute atomic E-state index is 0.199. The van der Waals surface area contributed by atoms with E-state index < -0.39 is 0 Å². The Morgan fingerprint density at radius 3 is 2.05 bits per heavy atom. The summed E-state index contributed by atoms with van der Waals surface area (Å²) in [6.07, 6.45) is 4.08. The first-order valence-corrected chi connectivity index (χ1v) is 7.78. The molecule has 0 aromatic carbocycles. The Morgan fingerprint density at radius 2 is 1.65 bits per heavy atom. The highest BCUT2D eigenvalue weighted by molar-refractivity contribution is 6.31. The lowest BCUT2D eigenvalue weighted by Gasteiger charge is -2.50. The van der Waals surface area contributed by atoms with Gasteiger partial charge in [-0.1, -0.05) is 39.3 Å². The quantitative estimate of drug-likeness (QED) is 0.901. The van der Waals surface area contributed by atoms with E-state index in [-0.39, 0.29) is 16.4 Å². The summed E-state index contributed by atoms with van der Waals surface area (Å²) < 4.78 is 1.89. The number of nitrogens with zero attached hydrogens (tertiary/aromatic N) is 2. The Bertz CT molecular complexity index is 498. The van der Waals surface area contributed by atoms with Crippen LogP contribution in [0.5, 0.6) is 0 Å². The van der Waals surface area contributed by atoms with Gasteiger partial charge in [0.15, 0.2) is 0 Å². The van der Waals surface area contributed by atoms with Crippen molar-refractivity contribution in [2.75, 3.05) is 0 Å². The van der Waals surface area contributed by atoms with Gasteiger partial charge in [0, 0.05) is 19.0 Å². The first-order valence-electron chi connectivity index (χ1n) is 7.40. The van der Waals surface area contributed by atoms with Gasteiger partial charge in [-0.25, -0.2) is 0 Å². The van der Waals surface area contributed by atoms with Gasteiger partial charge >= 0.3 is 0 Å². The van der Waals surface area contributed by atoms with Crippen molar-refractivity contribution in [1.29, 1.82) is 0 Å². The number of rotatable bonds is 2. The smallest absolute Gasteiger partial charge is 0.0847 e. The van der Waals surface area contributed by atoms with Crippen LogP contribution in [0, 0.1) is 17.8 Å². The summed E-state index contributed by atoms with van der Waals surface area (Å²) in [5.41, 5.74) is 9.10. The molecule has 4 heteroatoms. The third-order valence-electron chi connectivity index (χ3n) is 4.40. The predicted molar refractivity (Wildman–Crippen MR) is 85.0 cm³/mol. The van der Waals surface area contributed by atoms with Gasteiger partial charge in [0.25, 0.3) is 0 Å². The molecule has 1 aromatic rings. The molecule has 114 valence electrons. The van der Waals surface area contributed by atoms with E-state index in [1.165, 1.54) is 6.42 Å². The van der Waals surface area contributed by atoms with Crippen LogP contribution < -0.4 is 5.73 Å². The van der Waals surface area contributed by atoms with Crippen molar-refractivity contribution >= 4 is 11.6 Å². The highest BCUT2D eigenvalue weighted by Gasteiger charge is 2.45. The van der Waals surface area contributed by atoms with Crippen LogP contribution in [0.15, 0.2) is 0 Å². The van der Waals surface area contributed by atoms with Gasteiger partial charge in [-0.15, -0.1) is 0 Å². The predicted octanol–water partition coefficient (Wildman–Crippen LogP) is 3.86. The van der Waals surface area contributed by atoms with Crippen molar-refractivity contribution in [2.45, 2.75) is 65.8 Å². The summed E-state index contributed by atoms with van der Waals surface area (Å²) in [5, 5.41) is 5.19. The molecular weight excluding hydrogens is 270 g/mol. The summed E-state index contributed by atoms with van der Waals surface area (Å²) in [6, 6.07) is 0. The first kappa shape index (κ1) is 15.8. The Morgan fingerprint density at radius 1 is 1.15 bits per heavy atom. The van der Waals surface area contributed by atoms with Gasteiger partial charge in [-0.2, -0.15) is 5.10 Å². The van der Waals surface area contributed by atoms with E-state index in [1.54, 1.807) is 0 Å². The van der Waals surface area contributed by atoms with Crippen LogP contribution in [0.4, 0.5) is 0 Å². The summed E-state index contributed by atoms with van der Waals surface area (Å²) in [5.74, 6) is 0. The van der Waals surface area contributed by atoms with Crippen LogP contribution in [0.2, 0.25) is 5.02 Å². The number of halogens is 1. The van der Waals surface area contributed by atoms with Gasteiger partial charge in [-0.3, -0.25) is 4.68 Å². The Hall–Kier alpha value is -0.540. The van der Waals surface area contributed by atoms with Crippen molar-refractivity contribution in [1.82, 2.24) is 9.78 Å². The minimum Gasteiger partial charge on any atom is -0.325 e. The second kappa shape index (κ2) is 4.74. The van der Waals surface area contributed by atoms with Crippen LogP contribution in [-0.4, -0.2) is 15.3 Å². The molecule has 1 saturated carbocycles. The van der Waals surface area contributed by atoms with E-state index >= 15 is 0 Å². The average Bonchev–Trinajstić information content (AvgIpc) is 2.39. The molecule has 0 spiro atoms. The Kier molecular flexibility index (Phi) is 3.75. The maximum atomic E-state index is 6.79. The van der Waals surface area contributed by atoms with Crippen molar-refractivity contribution in [3.63, 3.8) is 0 Å². The van der Waals surface area contributed by atoms with E-state index in [1.807, 2.05) is 18.7 Å². The third-order valence-corrected chi connectivity index (χ3v) is 4.89. The lowest BCUT2D eigenvalue weighted by atomic mass is 9.58. The lowest BCUT2D eigenvalue weighted by Crippen LogP contribution is -2.53. The highest BCUT2D eigenvalue weighted by atomic mass is 35.5. The fraction of sp³-hybridized carbons (Fsp3) is 0.812. The minimum atomic E-state index is -0.199. The molecule has 0 atom stereocenters. The summed E-state index contributed by atoms with van der Waals surface area (Å²) >= 11 is 6.40. The molecule has 1 fully saturated rings. The maximum Gasteiger partial charge on any atom is 0.0847 e. The highest BCUT2D eigenvalue weighted by Crippen LogP contribution is 2.50. The lowest BCUT2D eigenvalue weighted by molar-refractivity contribution is 0.0479. The van der Waals surface area contributed by atoms with Gasteiger partial charge in [0.05, 0.1) is 16.4 Å². The summed E-state index contributed by atoms with van der Waals surface area (Å²) in [7, 11) is 1.96. The molecule has 2 N–H and O–H groups in total. The molecule has 0 aliphatic heterocycles. The number of hydrogen-bond donors (Lipinski definition) is 1. The van der Waals surface area contributed by atoms with E-state index in [9.17, 15) is 0 Å². The van der Waals surface area contributed by atoms with Crippen LogP contribution >= 0.6 is 11.6 Å². The standard InChI is InChI=1S/C16H28ClN3/c1-11-13(17)12(20(6)19-11)7-16(18)9-14(2,3)8-15(4,5)10-16/h7-10,18H2,1-6H3. The second-order valence-corrected chi connectivity index (χ2v) is 8.75. The van der Waals surface area contributed by atoms with Crippen LogP contribution in [-0.2, 0) is 13.5 Å². The van der Waals surface area contributed by atoms with Gasteiger partial charge in [0.2, 0.25) is 0 Å². The molecule has 0 amide bonds. The SMILES string of the molecule is Cc1nn(C)c(CC2(N)CC(C)(C)CC(C)(C)C2)c1Cl. The maximum absolute atomic E-state index is 6.79. The van der Waals surface area contributed by atoms with Gasteiger partial charge in [0.1, 0.15) is 0 Å². The molecular formula is C16H28ClN3. The van der Waals surface area contributed by atoms with Gasteiger partial charge in [-0.05, 0) is 37.0 Å². The van der Waals surface area contributed by atoms with Crippen molar-refractivity contribution in [3.8, 4) is 0 Å². The second-order valence-electron chi connectivity index (χ2n) is 8.37. The van der Waals surface area contributed by atoms with E-state index in [0.717, 1.165) is 35.7 Å². The van der Waals surface area contributed by atoms with Crippen molar-refractivity contribution < 1.29 is 0 Å². The molecule has 1 aromatic heterocycles. The molecule has 1 aliphatic carbocycles. The number of aromatic nitrogens is 2. The zero-order valence-electron chi connectivity index (χ0n) is 13.7. The largest absolute Gasteiger partial charge is 0.325 e. The van der Waals surface area contributed by atoms with Crippen molar-refractivity contribution in [2.24, 2.45) is 23.6 Å². The van der Waals surface area contributed by atoms with Crippen LogP contribution in [0.25, 0.3) is 0 Å². The molecule has 3 nitrogen and oxygen atoms in total. The van der Waals surface area contributed by atoms with Gasteiger partial charge < -0.3 is 5.73 Å². The molecule has 0 bridgehead atoms. The third kappa shape index (κ3) is 3.20. The molecule has 1 aliphatic rings. The van der Waals surface area contributed by atoms with E-state index in [4.69, 9.17) is 17.3 Å². The normalized spacial score (nSPS) is 23.8. The number of nitrogens with two attached hydrogens (primary N) is 1. The van der Waals surface area contributed by atoms with Crippen molar-refractivity contribution in [3.05, 3.63) is 16.4 Å². The molecule has 1 heterocycles. The van der Waals surface area contributed by atoms with E-state index in [0.29, 0.717) is 0 Å². The topological polar surface area (TPSA) is 43.8 Å². The molecule has 20 heavy (non-hydrogen) atoms. The number of aryl methyl sites for hydroxylation is 2. The van der Waals surface area contributed by atoms with E-state index in [2.05, 4.69) is 32.8 Å². The fourth-order valence-corrected chi connectivity index (χ4v) is 4.95.